The molecule has 2 aliphatic rings. The first-order valence-electron chi connectivity index (χ1n) is 4.54. The van der Waals surface area contributed by atoms with E-state index in [1.807, 2.05) is 4.90 Å². The molecule has 2 heterocycles. The Kier molecular flexibility index (Phi) is 1.63. The topological polar surface area (TPSA) is 20.3 Å². The Balaban J connectivity index is 2.12. The fourth-order valence-electron chi connectivity index (χ4n) is 2.66. The molecule has 0 aromatic rings. The van der Waals surface area contributed by atoms with Crippen LogP contribution in [0.2, 0.25) is 0 Å². The van der Waals surface area contributed by atoms with E-state index >= 15 is 0 Å². The van der Waals surface area contributed by atoms with Gasteiger partial charge in [-0.3, -0.25) is 4.79 Å². The van der Waals surface area contributed by atoms with Crippen LogP contribution in [0, 0.1) is 5.92 Å². The van der Waals surface area contributed by atoms with Crippen LogP contribution in [0.5, 0.6) is 0 Å². The van der Waals surface area contributed by atoms with Crippen LogP contribution < -0.4 is 0 Å². The smallest absolute Gasteiger partial charge is 0.210 e. The van der Waals surface area contributed by atoms with E-state index < -0.39 is 0 Å². The van der Waals surface area contributed by atoms with E-state index in [1.165, 1.54) is 25.7 Å². The number of hydrogen-bond acceptors (Lipinski definition) is 1. The van der Waals surface area contributed by atoms with Gasteiger partial charge in [-0.2, -0.15) is 0 Å². The molecule has 2 heteroatoms. The summed E-state index contributed by atoms with van der Waals surface area (Å²) in [5, 5.41) is 0. The lowest BCUT2D eigenvalue weighted by Crippen LogP contribution is -2.41. The van der Waals surface area contributed by atoms with Crippen LogP contribution in [-0.2, 0) is 4.79 Å². The highest BCUT2D eigenvalue weighted by Gasteiger charge is 2.38. The maximum absolute atomic E-state index is 10.7. The number of rotatable bonds is 1. The molecule has 2 atom stereocenters. The molecule has 2 fully saturated rings. The number of fused-ring (bicyclic) bond motifs is 2. The van der Waals surface area contributed by atoms with E-state index in [9.17, 15) is 4.79 Å². The quantitative estimate of drug-likeness (QED) is 0.521. The second-order valence-electron chi connectivity index (χ2n) is 4.01. The van der Waals surface area contributed by atoms with Crippen molar-refractivity contribution >= 4 is 6.41 Å². The lowest BCUT2D eigenvalue weighted by atomic mass is 9.93. The summed E-state index contributed by atoms with van der Waals surface area (Å²) >= 11 is 0. The largest absolute Gasteiger partial charge is 0.339 e. The minimum absolute atomic E-state index is 0.584. The zero-order valence-corrected chi connectivity index (χ0v) is 6.99. The molecule has 2 rings (SSSR count). The fraction of sp³-hybridized carbons (Fsp3) is 0.889. The first-order valence-corrected chi connectivity index (χ1v) is 4.54. The molecule has 2 nitrogen and oxygen atoms in total. The summed E-state index contributed by atoms with van der Waals surface area (Å²) in [6.45, 7) is 2.30. The van der Waals surface area contributed by atoms with Gasteiger partial charge in [-0.1, -0.05) is 6.92 Å². The van der Waals surface area contributed by atoms with Crippen LogP contribution in [0.3, 0.4) is 0 Å². The molecular formula is C9H15NO. The minimum atomic E-state index is 0.584. The second kappa shape index (κ2) is 2.50. The van der Waals surface area contributed by atoms with Crippen LogP contribution in [0.15, 0.2) is 0 Å². The molecule has 0 spiro atoms. The SMILES string of the molecule is CC1CC2CCC(C1)N2C=O. The molecule has 1 amide bonds. The van der Waals surface area contributed by atoms with Gasteiger partial charge in [0.2, 0.25) is 6.41 Å². The van der Waals surface area contributed by atoms with Crippen molar-refractivity contribution in [3.05, 3.63) is 0 Å². The predicted molar refractivity (Wildman–Crippen MR) is 43.1 cm³/mol. The standard InChI is InChI=1S/C9H15NO/c1-7-4-8-2-3-9(5-7)10(8)6-11/h6-9H,2-5H2,1H3. The highest BCUT2D eigenvalue weighted by molar-refractivity contribution is 5.49. The molecular weight excluding hydrogens is 138 g/mol. The Morgan fingerprint density at radius 3 is 2.27 bits per heavy atom. The van der Waals surface area contributed by atoms with Crippen LogP contribution >= 0.6 is 0 Å². The molecule has 11 heavy (non-hydrogen) atoms. The van der Waals surface area contributed by atoms with E-state index in [4.69, 9.17) is 0 Å². The Hall–Kier alpha value is -0.530. The van der Waals surface area contributed by atoms with E-state index in [-0.39, 0.29) is 0 Å². The van der Waals surface area contributed by atoms with Gasteiger partial charge in [-0.05, 0) is 31.6 Å². The number of piperidine rings is 1. The molecule has 2 saturated heterocycles. The van der Waals surface area contributed by atoms with E-state index in [1.54, 1.807) is 0 Å². The molecule has 0 aromatic carbocycles. The normalized spacial score (nSPS) is 42.6. The number of amides is 1. The summed E-state index contributed by atoms with van der Waals surface area (Å²) in [4.78, 5) is 12.7. The summed E-state index contributed by atoms with van der Waals surface area (Å²) in [6.07, 6.45) is 6.00. The first-order chi connectivity index (χ1) is 5.31. The molecule has 0 N–H and O–H groups in total. The number of nitrogens with zero attached hydrogens (tertiary/aromatic N) is 1. The summed E-state index contributed by atoms with van der Waals surface area (Å²) in [7, 11) is 0. The maximum Gasteiger partial charge on any atom is 0.210 e. The summed E-state index contributed by atoms with van der Waals surface area (Å²) in [5.74, 6) is 0.837. The van der Waals surface area contributed by atoms with E-state index in [0.717, 1.165) is 12.3 Å². The van der Waals surface area contributed by atoms with Gasteiger partial charge in [-0.15, -0.1) is 0 Å². The molecule has 62 valence electrons. The maximum atomic E-state index is 10.7. The van der Waals surface area contributed by atoms with Crippen molar-refractivity contribution in [1.82, 2.24) is 4.90 Å². The van der Waals surface area contributed by atoms with E-state index in [0.29, 0.717) is 12.1 Å². The highest BCUT2D eigenvalue weighted by atomic mass is 16.1. The highest BCUT2D eigenvalue weighted by Crippen LogP contribution is 2.36. The van der Waals surface area contributed by atoms with Crippen molar-refractivity contribution in [2.45, 2.75) is 44.7 Å². The Morgan fingerprint density at radius 1 is 1.27 bits per heavy atom. The summed E-state index contributed by atoms with van der Waals surface area (Å²) in [5.41, 5.74) is 0. The fourth-order valence-corrected chi connectivity index (χ4v) is 2.66. The van der Waals surface area contributed by atoms with Gasteiger partial charge in [0.15, 0.2) is 0 Å². The van der Waals surface area contributed by atoms with Crippen molar-refractivity contribution in [2.24, 2.45) is 5.92 Å². The van der Waals surface area contributed by atoms with Crippen LogP contribution in [-0.4, -0.2) is 23.4 Å². The Labute approximate surface area is 67.6 Å². The minimum Gasteiger partial charge on any atom is -0.339 e. The Morgan fingerprint density at radius 2 is 1.82 bits per heavy atom. The third-order valence-electron chi connectivity index (χ3n) is 3.15. The molecule has 0 aromatic heterocycles. The van der Waals surface area contributed by atoms with Crippen molar-refractivity contribution in [1.29, 1.82) is 0 Å². The van der Waals surface area contributed by atoms with Crippen LogP contribution in [0.25, 0.3) is 0 Å². The zero-order chi connectivity index (χ0) is 7.84. The average Bonchev–Trinajstić information content (AvgIpc) is 2.23. The van der Waals surface area contributed by atoms with Gasteiger partial charge in [-0.25, -0.2) is 0 Å². The van der Waals surface area contributed by atoms with Crippen molar-refractivity contribution in [3.63, 3.8) is 0 Å². The van der Waals surface area contributed by atoms with Gasteiger partial charge in [0.1, 0.15) is 0 Å². The average molecular weight is 153 g/mol. The zero-order valence-electron chi connectivity index (χ0n) is 6.99. The molecule has 0 radical (unpaired) electrons. The van der Waals surface area contributed by atoms with Crippen molar-refractivity contribution in [3.8, 4) is 0 Å². The van der Waals surface area contributed by atoms with Crippen molar-refractivity contribution in [2.75, 3.05) is 0 Å². The molecule has 2 bridgehead atoms. The Bertz CT molecular complexity index is 155. The number of hydrogen-bond donors (Lipinski definition) is 0. The van der Waals surface area contributed by atoms with Gasteiger partial charge in [0.25, 0.3) is 0 Å². The summed E-state index contributed by atoms with van der Waals surface area (Å²) < 4.78 is 0. The van der Waals surface area contributed by atoms with Crippen molar-refractivity contribution < 1.29 is 4.79 Å². The van der Waals surface area contributed by atoms with Gasteiger partial charge in [0.05, 0.1) is 0 Å². The number of carbonyl (C=O) groups is 1. The second-order valence-corrected chi connectivity index (χ2v) is 4.01. The van der Waals surface area contributed by atoms with E-state index in [2.05, 4.69) is 6.92 Å². The van der Waals surface area contributed by atoms with Gasteiger partial charge >= 0.3 is 0 Å². The first kappa shape index (κ1) is 7.14. The molecule has 2 unspecified atom stereocenters. The lowest BCUT2D eigenvalue weighted by Gasteiger charge is -2.34. The molecule has 0 aliphatic carbocycles. The monoisotopic (exact) mass is 153 g/mol. The molecule has 0 saturated carbocycles. The third-order valence-corrected chi connectivity index (χ3v) is 3.15. The summed E-state index contributed by atoms with van der Waals surface area (Å²) in [6, 6.07) is 1.17. The van der Waals surface area contributed by atoms with Gasteiger partial charge < -0.3 is 4.90 Å². The lowest BCUT2D eigenvalue weighted by molar-refractivity contribution is -0.122. The number of carbonyl (C=O) groups excluding carboxylic acids is 1. The molecule has 2 aliphatic heterocycles. The van der Waals surface area contributed by atoms with Gasteiger partial charge in [0, 0.05) is 12.1 Å². The third kappa shape index (κ3) is 1.05. The van der Waals surface area contributed by atoms with Crippen LogP contribution in [0.4, 0.5) is 0 Å². The predicted octanol–water partition coefficient (Wildman–Crippen LogP) is 1.41. The van der Waals surface area contributed by atoms with Crippen LogP contribution in [0.1, 0.15) is 32.6 Å².